The van der Waals surface area contributed by atoms with Crippen LogP contribution in [0, 0.1) is 20.8 Å². The van der Waals surface area contributed by atoms with Gasteiger partial charge in [0.2, 0.25) is 5.91 Å². The average molecular weight is 366 g/mol. The third kappa shape index (κ3) is 4.35. The van der Waals surface area contributed by atoms with Gasteiger partial charge in [-0.2, -0.15) is 0 Å². The maximum absolute atomic E-state index is 12.4. The van der Waals surface area contributed by atoms with Crippen molar-refractivity contribution in [2.75, 3.05) is 11.1 Å². The highest BCUT2D eigenvalue weighted by atomic mass is 32.2. The number of hydrogen-bond donors (Lipinski definition) is 2. The van der Waals surface area contributed by atoms with E-state index in [9.17, 15) is 9.59 Å². The summed E-state index contributed by atoms with van der Waals surface area (Å²) < 4.78 is 0. The molecule has 26 heavy (non-hydrogen) atoms. The molecule has 3 rings (SSSR count). The minimum Gasteiger partial charge on any atom is -0.357 e. The van der Waals surface area contributed by atoms with Gasteiger partial charge in [-0.05, 0) is 50.1 Å². The molecule has 1 amide bonds. The second-order valence-electron chi connectivity index (χ2n) is 6.57. The van der Waals surface area contributed by atoms with Gasteiger partial charge in [-0.15, -0.1) is 11.8 Å². The highest BCUT2D eigenvalue weighted by Gasteiger charge is 2.07. The zero-order valence-corrected chi connectivity index (χ0v) is 16.0. The molecule has 0 radical (unpaired) electrons. The highest BCUT2D eigenvalue weighted by molar-refractivity contribution is 7.99. The maximum Gasteiger partial charge on any atom is 0.234 e. The van der Waals surface area contributed by atoms with Gasteiger partial charge >= 0.3 is 0 Å². The van der Waals surface area contributed by atoms with Crippen molar-refractivity contribution in [3.05, 3.63) is 75.1 Å². The lowest BCUT2D eigenvalue weighted by molar-refractivity contribution is -0.113. The topological polar surface area (TPSA) is 62.0 Å². The predicted molar refractivity (Wildman–Crippen MR) is 110 cm³/mol. The van der Waals surface area contributed by atoms with E-state index in [1.54, 1.807) is 6.07 Å². The van der Waals surface area contributed by atoms with Crippen LogP contribution in [0.3, 0.4) is 0 Å². The number of benzene rings is 2. The SMILES string of the molecule is Cc1ccc(NC(=O)CSCc2cc(=O)c3cc(C)cc(C)c3[nH]2)cc1. The molecule has 0 bridgehead atoms. The number of pyridine rings is 1. The van der Waals surface area contributed by atoms with Crippen LogP contribution < -0.4 is 10.7 Å². The second-order valence-corrected chi connectivity index (χ2v) is 7.56. The first-order valence-corrected chi connectivity index (χ1v) is 9.65. The Bertz CT molecular complexity index is 1010. The molecule has 0 spiro atoms. The minimum absolute atomic E-state index is 0.0188. The van der Waals surface area contributed by atoms with Crippen molar-refractivity contribution in [1.29, 1.82) is 0 Å². The lowest BCUT2D eigenvalue weighted by Crippen LogP contribution is -2.14. The molecule has 0 unspecified atom stereocenters. The van der Waals surface area contributed by atoms with E-state index in [0.29, 0.717) is 16.9 Å². The number of rotatable bonds is 5. The Kier molecular flexibility index (Phi) is 5.47. The van der Waals surface area contributed by atoms with Crippen LogP contribution in [0.25, 0.3) is 10.9 Å². The summed E-state index contributed by atoms with van der Waals surface area (Å²) in [4.78, 5) is 27.8. The van der Waals surface area contributed by atoms with E-state index < -0.39 is 0 Å². The van der Waals surface area contributed by atoms with Crippen LogP contribution in [0.5, 0.6) is 0 Å². The quantitative estimate of drug-likeness (QED) is 0.707. The molecule has 1 heterocycles. The molecule has 2 aromatic carbocycles. The molecule has 134 valence electrons. The summed E-state index contributed by atoms with van der Waals surface area (Å²) in [6.07, 6.45) is 0. The summed E-state index contributed by atoms with van der Waals surface area (Å²) in [6.45, 7) is 5.99. The number of fused-ring (bicyclic) bond motifs is 1. The summed E-state index contributed by atoms with van der Waals surface area (Å²) in [6, 6.07) is 13.3. The van der Waals surface area contributed by atoms with Gasteiger partial charge in [-0.25, -0.2) is 0 Å². The molecule has 0 aliphatic heterocycles. The lowest BCUT2D eigenvalue weighted by atomic mass is 10.1. The predicted octanol–water partition coefficient (Wildman–Crippen LogP) is 4.33. The molecule has 0 atom stereocenters. The number of thioether (sulfide) groups is 1. The van der Waals surface area contributed by atoms with Gasteiger partial charge < -0.3 is 10.3 Å². The van der Waals surface area contributed by atoms with Crippen LogP contribution in [-0.4, -0.2) is 16.6 Å². The van der Waals surface area contributed by atoms with Gasteiger partial charge in [0, 0.05) is 28.6 Å². The van der Waals surface area contributed by atoms with Gasteiger partial charge in [0.25, 0.3) is 0 Å². The van der Waals surface area contributed by atoms with Crippen molar-refractivity contribution in [2.45, 2.75) is 26.5 Å². The second kappa shape index (κ2) is 7.79. The number of carbonyl (C=O) groups excluding carboxylic acids is 1. The Morgan fingerprint density at radius 3 is 2.50 bits per heavy atom. The Morgan fingerprint density at radius 1 is 1.04 bits per heavy atom. The monoisotopic (exact) mass is 366 g/mol. The molecule has 0 saturated carbocycles. The Hall–Kier alpha value is -2.53. The van der Waals surface area contributed by atoms with E-state index in [4.69, 9.17) is 0 Å². The van der Waals surface area contributed by atoms with Crippen LogP contribution in [0.1, 0.15) is 22.4 Å². The first-order valence-electron chi connectivity index (χ1n) is 8.50. The molecule has 4 nitrogen and oxygen atoms in total. The maximum atomic E-state index is 12.4. The van der Waals surface area contributed by atoms with Crippen molar-refractivity contribution >= 4 is 34.3 Å². The third-order valence-corrected chi connectivity index (χ3v) is 5.14. The van der Waals surface area contributed by atoms with E-state index in [1.165, 1.54) is 11.8 Å². The van der Waals surface area contributed by atoms with Gasteiger partial charge in [0.15, 0.2) is 5.43 Å². The van der Waals surface area contributed by atoms with E-state index in [-0.39, 0.29) is 11.3 Å². The van der Waals surface area contributed by atoms with E-state index in [0.717, 1.165) is 33.6 Å². The molecule has 0 aliphatic rings. The fraction of sp³-hybridized carbons (Fsp3) is 0.238. The molecule has 0 fully saturated rings. The smallest absolute Gasteiger partial charge is 0.234 e. The van der Waals surface area contributed by atoms with Gasteiger partial charge in [0.1, 0.15) is 0 Å². The summed E-state index contributed by atoms with van der Waals surface area (Å²) in [7, 11) is 0. The Morgan fingerprint density at radius 2 is 1.77 bits per heavy atom. The van der Waals surface area contributed by atoms with E-state index >= 15 is 0 Å². The highest BCUT2D eigenvalue weighted by Crippen LogP contribution is 2.18. The standard InChI is InChI=1S/C21H22N2O2S/c1-13-4-6-16(7-5-13)22-20(25)12-26-11-17-10-19(24)18-9-14(2)8-15(3)21(18)23-17/h4-10H,11-12H2,1-3H3,(H,22,25)(H,23,24). The number of hydrogen-bond acceptors (Lipinski definition) is 3. The zero-order valence-electron chi connectivity index (χ0n) is 15.2. The molecule has 2 N–H and O–H groups in total. The number of amides is 1. The summed E-state index contributed by atoms with van der Waals surface area (Å²) in [5, 5.41) is 3.60. The summed E-state index contributed by atoms with van der Waals surface area (Å²) in [5.74, 6) is 0.870. The lowest BCUT2D eigenvalue weighted by Gasteiger charge is -2.08. The summed E-state index contributed by atoms with van der Waals surface area (Å²) in [5.41, 5.74) is 5.82. The molecule has 3 aromatic rings. The third-order valence-electron chi connectivity index (χ3n) is 4.16. The van der Waals surface area contributed by atoms with Crippen molar-refractivity contribution in [1.82, 2.24) is 4.98 Å². The van der Waals surface area contributed by atoms with Crippen molar-refractivity contribution in [3.63, 3.8) is 0 Å². The number of aromatic amines is 1. The molecular formula is C21H22N2O2S. The Balaban J connectivity index is 1.63. The van der Waals surface area contributed by atoms with E-state index in [1.807, 2.05) is 51.1 Å². The van der Waals surface area contributed by atoms with Crippen LogP contribution in [-0.2, 0) is 10.5 Å². The fourth-order valence-electron chi connectivity index (χ4n) is 2.93. The van der Waals surface area contributed by atoms with E-state index in [2.05, 4.69) is 16.4 Å². The van der Waals surface area contributed by atoms with Crippen LogP contribution >= 0.6 is 11.8 Å². The Labute approximate surface area is 157 Å². The largest absolute Gasteiger partial charge is 0.357 e. The number of aromatic nitrogens is 1. The number of nitrogens with one attached hydrogen (secondary N) is 2. The van der Waals surface area contributed by atoms with Gasteiger partial charge in [-0.1, -0.05) is 23.8 Å². The molecule has 1 aromatic heterocycles. The molecule has 5 heteroatoms. The van der Waals surface area contributed by atoms with Gasteiger partial charge in [0.05, 0.1) is 11.3 Å². The van der Waals surface area contributed by atoms with Crippen molar-refractivity contribution in [3.8, 4) is 0 Å². The minimum atomic E-state index is -0.0474. The molecular weight excluding hydrogens is 344 g/mol. The first kappa shape index (κ1) is 18.3. The van der Waals surface area contributed by atoms with Crippen molar-refractivity contribution < 1.29 is 4.79 Å². The molecule has 0 aliphatic carbocycles. The van der Waals surface area contributed by atoms with Gasteiger partial charge in [-0.3, -0.25) is 9.59 Å². The fourth-order valence-corrected chi connectivity index (χ4v) is 3.66. The normalized spacial score (nSPS) is 10.9. The number of anilines is 1. The van der Waals surface area contributed by atoms with Crippen LogP contribution in [0.4, 0.5) is 5.69 Å². The molecule has 0 saturated heterocycles. The zero-order chi connectivity index (χ0) is 18.7. The number of aryl methyl sites for hydroxylation is 3. The summed E-state index contributed by atoms with van der Waals surface area (Å²) >= 11 is 1.48. The number of H-pyrrole nitrogens is 1. The van der Waals surface area contributed by atoms with Crippen LogP contribution in [0.2, 0.25) is 0 Å². The van der Waals surface area contributed by atoms with Crippen LogP contribution in [0.15, 0.2) is 47.3 Å². The number of carbonyl (C=O) groups is 1. The van der Waals surface area contributed by atoms with Crippen molar-refractivity contribution in [2.24, 2.45) is 0 Å². The first-order chi connectivity index (χ1) is 12.4. The average Bonchev–Trinajstić information content (AvgIpc) is 2.58.